The molecule has 0 bridgehead atoms. The first-order valence-corrected chi connectivity index (χ1v) is 3.11. The van der Waals surface area contributed by atoms with Crippen molar-refractivity contribution in [1.82, 2.24) is 5.32 Å². The van der Waals surface area contributed by atoms with Crippen molar-refractivity contribution in [2.45, 2.75) is 0 Å². The minimum atomic E-state index is -0.290. The van der Waals surface area contributed by atoms with E-state index in [9.17, 15) is 4.39 Å². The van der Waals surface area contributed by atoms with Gasteiger partial charge >= 0.3 is 0 Å². The summed E-state index contributed by atoms with van der Waals surface area (Å²) in [4.78, 5) is 0. The van der Waals surface area contributed by atoms with Crippen molar-refractivity contribution in [1.29, 1.82) is 0 Å². The Balaban J connectivity index is 0.000000810. The number of rotatable bonds is 1. The number of nitrogens with one attached hydrogen (secondary N) is 1. The molecule has 2 atom stereocenters. The van der Waals surface area contributed by atoms with Crippen LogP contribution in [0.3, 0.4) is 0 Å². The zero-order chi connectivity index (χ0) is 6.69. The molecule has 58 valence electrons. The van der Waals surface area contributed by atoms with Crippen molar-refractivity contribution >= 4 is 12.4 Å². The highest BCUT2D eigenvalue weighted by atomic mass is 35.5. The highest BCUT2D eigenvalue weighted by Gasteiger charge is 2.24. The van der Waals surface area contributed by atoms with Crippen LogP contribution in [-0.4, -0.2) is 19.8 Å². The van der Waals surface area contributed by atoms with Crippen LogP contribution in [0.2, 0.25) is 0 Å². The predicted octanol–water partition coefficient (Wildman–Crippen LogP) is 0.847. The molecule has 0 aromatic rings. The van der Waals surface area contributed by atoms with Crippen LogP contribution in [-0.2, 0) is 0 Å². The van der Waals surface area contributed by atoms with Gasteiger partial charge in [0.05, 0.1) is 6.67 Å². The van der Waals surface area contributed by atoms with Crippen molar-refractivity contribution in [2.75, 3.05) is 19.8 Å². The number of hydrogen-bond donors (Lipinski definition) is 1. The van der Waals surface area contributed by atoms with Crippen LogP contribution in [0.25, 0.3) is 0 Å². The maximum Gasteiger partial charge on any atom is 0.0947 e. The van der Waals surface area contributed by atoms with Crippen LogP contribution in [0.5, 0.6) is 0 Å². The molecule has 0 spiro atoms. The molecule has 0 aromatic heterocycles. The summed E-state index contributed by atoms with van der Waals surface area (Å²) < 4.78 is 12.0. The van der Waals surface area contributed by atoms with Gasteiger partial charge in [0.15, 0.2) is 0 Å². The third-order valence-corrected chi connectivity index (χ3v) is 1.75. The summed E-state index contributed by atoms with van der Waals surface area (Å²) in [5.74, 6) is 2.75. The first kappa shape index (κ1) is 9.74. The topological polar surface area (TPSA) is 12.0 Å². The Morgan fingerprint density at radius 2 is 2.30 bits per heavy atom. The summed E-state index contributed by atoms with van der Waals surface area (Å²) in [7, 11) is 0. The molecule has 1 nitrogen and oxygen atoms in total. The van der Waals surface area contributed by atoms with Crippen molar-refractivity contribution in [3.63, 3.8) is 0 Å². The van der Waals surface area contributed by atoms with E-state index < -0.39 is 0 Å². The number of hydrogen-bond acceptors (Lipinski definition) is 1. The molecule has 1 fully saturated rings. The molecule has 0 aliphatic carbocycles. The lowest BCUT2D eigenvalue weighted by Gasteiger charge is -2.05. The van der Waals surface area contributed by atoms with E-state index in [2.05, 4.69) is 11.2 Å². The highest BCUT2D eigenvalue weighted by molar-refractivity contribution is 5.85. The fourth-order valence-corrected chi connectivity index (χ4v) is 1.09. The molecule has 1 aliphatic rings. The smallest absolute Gasteiger partial charge is 0.0947 e. The van der Waals surface area contributed by atoms with Crippen LogP contribution >= 0.6 is 12.4 Å². The van der Waals surface area contributed by atoms with Crippen molar-refractivity contribution in [3.8, 4) is 12.3 Å². The van der Waals surface area contributed by atoms with E-state index in [-0.39, 0.29) is 30.9 Å². The third-order valence-electron chi connectivity index (χ3n) is 1.75. The summed E-state index contributed by atoms with van der Waals surface area (Å²) in [6.45, 7) is 1.23. The molecule has 0 saturated carbocycles. The molecule has 1 aliphatic heterocycles. The SMILES string of the molecule is C#C[C@@H]1CNC[C@@H]1CF.Cl. The van der Waals surface area contributed by atoms with Crippen LogP contribution in [0.15, 0.2) is 0 Å². The van der Waals surface area contributed by atoms with Gasteiger partial charge in [0.1, 0.15) is 0 Å². The van der Waals surface area contributed by atoms with Crippen LogP contribution in [0.4, 0.5) is 4.39 Å². The molecule has 0 aromatic carbocycles. The lowest BCUT2D eigenvalue weighted by atomic mass is 9.99. The van der Waals surface area contributed by atoms with E-state index >= 15 is 0 Å². The minimum absolute atomic E-state index is 0. The molecule has 1 heterocycles. The Morgan fingerprint density at radius 3 is 2.70 bits per heavy atom. The second kappa shape index (κ2) is 4.54. The van der Waals surface area contributed by atoms with Crippen molar-refractivity contribution in [2.24, 2.45) is 11.8 Å². The molecule has 0 amide bonds. The Morgan fingerprint density at radius 1 is 1.60 bits per heavy atom. The van der Waals surface area contributed by atoms with E-state index in [0.29, 0.717) is 0 Å². The van der Waals surface area contributed by atoms with E-state index in [1.54, 1.807) is 0 Å². The fraction of sp³-hybridized carbons (Fsp3) is 0.714. The zero-order valence-electron chi connectivity index (χ0n) is 5.64. The Hall–Kier alpha value is -0.260. The second-order valence-electron chi connectivity index (χ2n) is 2.35. The largest absolute Gasteiger partial charge is 0.315 e. The van der Waals surface area contributed by atoms with Gasteiger partial charge < -0.3 is 5.32 Å². The van der Waals surface area contributed by atoms with Gasteiger partial charge in [-0.1, -0.05) is 0 Å². The average molecular weight is 164 g/mol. The van der Waals surface area contributed by atoms with Gasteiger partial charge in [-0.3, -0.25) is 4.39 Å². The molecule has 10 heavy (non-hydrogen) atoms. The number of terminal acetylenes is 1. The maximum atomic E-state index is 12.0. The van der Waals surface area contributed by atoms with Gasteiger partial charge in [0.2, 0.25) is 0 Å². The van der Waals surface area contributed by atoms with Gasteiger partial charge in [-0.2, -0.15) is 0 Å². The van der Waals surface area contributed by atoms with E-state index in [1.807, 2.05) is 0 Å². The summed E-state index contributed by atoms with van der Waals surface area (Å²) in [6.07, 6.45) is 5.14. The molecule has 1 saturated heterocycles. The molecule has 0 radical (unpaired) electrons. The fourth-order valence-electron chi connectivity index (χ4n) is 1.09. The van der Waals surface area contributed by atoms with Gasteiger partial charge in [0.25, 0.3) is 0 Å². The molecule has 3 heteroatoms. The summed E-state index contributed by atoms with van der Waals surface area (Å²) in [5.41, 5.74) is 0. The van der Waals surface area contributed by atoms with Crippen molar-refractivity contribution in [3.05, 3.63) is 0 Å². The molecular formula is C7H11ClFN. The van der Waals surface area contributed by atoms with Gasteiger partial charge in [-0.15, -0.1) is 24.8 Å². The highest BCUT2D eigenvalue weighted by Crippen LogP contribution is 2.15. The van der Waals surface area contributed by atoms with Crippen LogP contribution < -0.4 is 5.32 Å². The lowest BCUT2D eigenvalue weighted by molar-refractivity contribution is 0.351. The van der Waals surface area contributed by atoms with E-state index in [0.717, 1.165) is 13.1 Å². The van der Waals surface area contributed by atoms with Crippen molar-refractivity contribution < 1.29 is 4.39 Å². The Labute approximate surface area is 66.8 Å². The first-order chi connectivity index (χ1) is 4.38. The molecular weight excluding hydrogens is 153 g/mol. The monoisotopic (exact) mass is 163 g/mol. The first-order valence-electron chi connectivity index (χ1n) is 3.11. The Bertz CT molecular complexity index is 132. The average Bonchev–Trinajstić information content (AvgIpc) is 2.33. The maximum absolute atomic E-state index is 12.0. The molecule has 0 unspecified atom stereocenters. The van der Waals surface area contributed by atoms with E-state index in [4.69, 9.17) is 6.42 Å². The second-order valence-corrected chi connectivity index (χ2v) is 2.35. The van der Waals surface area contributed by atoms with Gasteiger partial charge in [-0.25, -0.2) is 0 Å². The number of halogens is 2. The summed E-state index contributed by atoms with van der Waals surface area (Å²) in [6, 6.07) is 0. The van der Waals surface area contributed by atoms with Gasteiger partial charge in [-0.05, 0) is 0 Å². The van der Waals surface area contributed by atoms with Crippen LogP contribution in [0, 0.1) is 24.2 Å². The minimum Gasteiger partial charge on any atom is -0.315 e. The van der Waals surface area contributed by atoms with Crippen LogP contribution in [0.1, 0.15) is 0 Å². The quantitative estimate of drug-likeness (QED) is 0.566. The number of alkyl halides is 1. The zero-order valence-corrected chi connectivity index (χ0v) is 6.46. The lowest BCUT2D eigenvalue weighted by Crippen LogP contribution is -2.12. The summed E-state index contributed by atoms with van der Waals surface area (Å²) in [5, 5.41) is 3.04. The third kappa shape index (κ3) is 1.86. The summed E-state index contributed by atoms with van der Waals surface area (Å²) >= 11 is 0. The normalized spacial score (nSPS) is 30.8. The molecule has 1 N–H and O–H groups in total. The van der Waals surface area contributed by atoms with Gasteiger partial charge in [0, 0.05) is 24.9 Å². The predicted molar refractivity (Wildman–Crippen MR) is 41.9 cm³/mol. The standard InChI is InChI=1S/C7H10FN.ClH/c1-2-6-4-9-5-7(6)3-8;/h1,6-7,9H,3-5H2;1H/t6-,7+;/m1./s1. The Kier molecular flexibility index (Phi) is 4.42. The molecule has 1 rings (SSSR count). The van der Waals surface area contributed by atoms with E-state index in [1.165, 1.54) is 0 Å².